The van der Waals surface area contributed by atoms with E-state index in [1.165, 1.54) is 11.9 Å². The summed E-state index contributed by atoms with van der Waals surface area (Å²) in [6.07, 6.45) is 6.88. The van der Waals surface area contributed by atoms with Crippen molar-refractivity contribution in [1.29, 1.82) is 0 Å². The lowest BCUT2D eigenvalue weighted by Crippen LogP contribution is -2.35. The highest BCUT2D eigenvalue weighted by molar-refractivity contribution is 5.69. The molecule has 1 aliphatic carbocycles. The van der Waals surface area contributed by atoms with Gasteiger partial charge in [0.2, 0.25) is 5.95 Å². The Labute approximate surface area is 187 Å². The number of fused-ring (bicyclic) bond motifs is 1. The molecule has 2 N–H and O–H groups in total. The van der Waals surface area contributed by atoms with Gasteiger partial charge in [-0.2, -0.15) is 10.1 Å². The molecule has 3 aromatic rings. The maximum absolute atomic E-state index is 12.4. The Morgan fingerprint density at radius 3 is 2.78 bits per heavy atom. The molecule has 1 atom stereocenters. The Hall–Kier alpha value is -3.49. The number of alkyl carbamates (subject to hydrolysis) is 1. The van der Waals surface area contributed by atoms with Crippen LogP contribution in [-0.2, 0) is 18.2 Å². The van der Waals surface area contributed by atoms with E-state index >= 15 is 0 Å². The summed E-state index contributed by atoms with van der Waals surface area (Å²) in [6, 6.07) is 7.95. The first-order valence-corrected chi connectivity index (χ1v) is 10.9. The predicted molar refractivity (Wildman–Crippen MR) is 121 cm³/mol. The number of carbonyl (C=O) groups is 1. The third kappa shape index (κ3) is 5.40. The van der Waals surface area contributed by atoms with Gasteiger partial charge in [0.25, 0.3) is 0 Å². The van der Waals surface area contributed by atoms with Gasteiger partial charge in [-0.25, -0.2) is 14.8 Å². The normalized spacial score (nSPS) is 16.1. The van der Waals surface area contributed by atoms with Crippen LogP contribution >= 0.6 is 0 Å². The molecular formula is C23H29N7O2. The number of amides is 1. The summed E-state index contributed by atoms with van der Waals surface area (Å²) in [5.41, 5.74) is 2.70. The maximum Gasteiger partial charge on any atom is 0.408 e. The first kappa shape index (κ1) is 21.7. The topological polar surface area (TPSA) is 107 Å². The van der Waals surface area contributed by atoms with Gasteiger partial charge < -0.3 is 15.4 Å². The molecule has 0 saturated carbocycles. The van der Waals surface area contributed by atoms with Crippen molar-refractivity contribution in [2.45, 2.75) is 58.1 Å². The van der Waals surface area contributed by atoms with E-state index < -0.39 is 5.60 Å². The van der Waals surface area contributed by atoms with Crippen LogP contribution in [0.4, 0.5) is 16.6 Å². The van der Waals surface area contributed by atoms with Crippen molar-refractivity contribution in [3.05, 3.63) is 47.9 Å². The number of aryl methyl sites for hydroxylation is 2. The summed E-state index contributed by atoms with van der Waals surface area (Å²) in [4.78, 5) is 25.5. The van der Waals surface area contributed by atoms with Crippen molar-refractivity contribution in [3.63, 3.8) is 0 Å². The fourth-order valence-corrected chi connectivity index (χ4v) is 3.81. The van der Waals surface area contributed by atoms with E-state index in [1.807, 2.05) is 46.1 Å². The molecule has 9 nitrogen and oxygen atoms in total. The van der Waals surface area contributed by atoms with E-state index in [9.17, 15) is 4.79 Å². The average Bonchev–Trinajstić information content (AvgIpc) is 3.02. The fourth-order valence-electron chi connectivity index (χ4n) is 3.81. The van der Waals surface area contributed by atoms with Gasteiger partial charge in [0.15, 0.2) is 11.6 Å². The summed E-state index contributed by atoms with van der Waals surface area (Å²) < 4.78 is 7.17. The second-order valence-electron chi connectivity index (χ2n) is 8.99. The van der Waals surface area contributed by atoms with E-state index in [4.69, 9.17) is 4.74 Å². The molecular weight excluding hydrogens is 406 g/mol. The molecule has 1 amide bonds. The monoisotopic (exact) mass is 435 g/mol. The predicted octanol–water partition coefficient (Wildman–Crippen LogP) is 4.31. The Morgan fingerprint density at radius 2 is 2.03 bits per heavy atom. The van der Waals surface area contributed by atoms with Crippen LogP contribution in [0.25, 0.3) is 11.4 Å². The molecule has 4 rings (SSSR count). The number of anilines is 2. The highest BCUT2D eigenvalue weighted by atomic mass is 16.6. The van der Waals surface area contributed by atoms with Gasteiger partial charge >= 0.3 is 6.09 Å². The van der Waals surface area contributed by atoms with Crippen molar-refractivity contribution >= 4 is 17.9 Å². The quantitative estimate of drug-likeness (QED) is 0.588. The number of aromatic nitrogens is 5. The standard InChI is InChI=1S/C23H29N7O2/c1-23(2,3)32-22(31)26-18-8-6-5-7-15-13-16(9-10-17(15)18)20-24-14-25-21(28-20)27-19-11-12-30(4)29-19/h9-14,18H,5-8H2,1-4H3,(H,26,31)(H,24,25,27,28,29)/t18-/m1/s1. The molecule has 0 saturated heterocycles. The highest BCUT2D eigenvalue weighted by Crippen LogP contribution is 2.32. The van der Waals surface area contributed by atoms with E-state index in [1.54, 1.807) is 4.68 Å². The van der Waals surface area contributed by atoms with Gasteiger partial charge in [0.1, 0.15) is 11.9 Å². The van der Waals surface area contributed by atoms with Gasteiger partial charge in [0, 0.05) is 24.9 Å². The van der Waals surface area contributed by atoms with Gasteiger partial charge in [-0.15, -0.1) is 0 Å². The molecule has 0 spiro atoms. The van der Waals surface area contributed by atoms with Gasteiger partial charge in [-0.3, -0.25) is 4.68 Å². The van der Waals surface area contributed by atoms with Crippen LogP contribution in [0.2, 0.25) is 0 Å². The molecule has 0 unspecified atom stereocenters. The number of rotatable bonds is 4. The van der Waals surface area contributed by atoms with Crippen LogP contribution in [0.5, 0.6) is 0 Å². The molecule has 2 heterocycles. The van der Waals surface area contributed by atoms with Crippen molar-refractivity contribution in [2.75, 3.05) is 5.32 Å². The smallest absolute Gasteiger partial charge is 0.408 e. The molecule has 0 bridgehead atoms. The van der Waals surface area contributed by atoms with E-state index in [0.717, 1.165) is 36.8 Å². The molecule has 1 aliphatic rings. The molecule has 168 valence electrons. The SMILES string of the molecule is Cn1ccc(Nc2ncnc(-c3ccc4c(c3)CCCC[C@H]4NC(=O)OC(C)(C)C)n2)n1. The van der Waals surface area contributed by atoms with Crippen LogP contribution in [0.3, 0.4) is 0 Å². The third-order valence-corrected chi connectivity index (χ3v) is 5.18. The van der Waals surface area contributed by atoms with E-state index in [2.05, 4.69) is 42.8 Å². The highest BCUT2D eigenvalue weighted by Gasteiger charge is 2.24. The lowest BCUT2D eigenvalue weighted by atomic mass is 9.96. The van der Waals surface area contributed by atoms with Crippen LogP contribution < -0.4 is 10.6 Å². The Kier molecular flexibility index (Phi) is 6.07. The largest absolute Gasteiger partial charge is 0.444 e. The zero-order valence-electron chi connectivity index (χ0n) is 18.9. The summed E-state index contributed by atoms with van der Waals surface area (Å²) in [5, 5.41) is 10.4. The molecule has 0 aliphatic heterocycles. The number of nitrogens with one attached hydrogen (secondary N) is 2. The van der Waals surface area contributed by atoms with Gasteiger partial charge in [-0.05, 0) is 57.2 Å². The minimum atomic E-state index is -0.527. The molecule has 2 aromatic heterocycles. The van der Waals surface area contributed by atoms with Gasteiger partial charge in [-0.1, -0.05) is 18.6 Å². The maximum atomic E-state index is 12.4. The van der Waals surface area contributed by atoms with Crippen molar-refractivity contribution < 1.29 is 9.53 Å². The molecule has 32 heavy (non-hydrogen) atoms. The van der Waals surface area contributed by atoms with Crippen molar-refractivity contribution in [1.82, 2.24) is 30.0 Å². The Bertz CT molecular complexity index is 1100. The summed E-state index contributed by atoms with van der Waals surface area (Å²) in [7, 11) is 1.85. The zero-order chi connectivity index (χ0) is 22.7. The molecule has 9 heteroatoms. The Balaban J connectivity index is 1.56. The van der Waals surface area contributed by atoms with Crippen LogP contribution in [-0.4, -0.2) is 36.4 Å². The summed E-state index contributed by atoms with van der Waals surface area (Å²) in [6.45, 7) is 5.60. The minimum absolute atomic E-state index is 0.0730. The fraction of sp³-hybridized carbons (Fsp3) is 0.435. The average molecular weight is 436 g/mol. The Morgan fingerprint density at radius 1 is 1.19 bits per heavy atom. The van der Waals surface area contributed by atoms with Crippen molar-refractivity contribution in [3.8, 4) is 11.4 Å². The number of benzene rings is 1. The van der Waals surface area contributed by atoms with E-state index in [-0.39, 0.29) is 12.1 Å². The lowest BCUT2D eigenvalue weighted by molar-refractivity contribution is 0.0501. The van der Waals surface area contributed by atoms with E-state index in [0.29, 0.717) is 17.6 Å². The first-order valence-electron chi connectivity index (χ1n) is 10.9. The molecule has 1 aromatic carbocycles. The number of hydrogen-bond donors (Lipinski definition) is 2. The molecule has 0 radical (unpaired) electrons. The summed E-state index contributed by atoms with van der Waals surface area (Å²) in [5.74, 6) is 1.69. The van der Waals surface area contributed by atoms with Gasteiger partial charge in [0.05, 0.1) is 6.04 Å². The van der Waals surface area contributed by atoms with Crippen LogP contribution in [0.15, 0.2) is 36.8 Å². The summed E-state index contributed by atoms with van der Waals surface area (Å²) >= 11 is 0. The number of ether oxygens (including phenoxy) is 1. The zero-order valence-corrected chi connectivity index (χ0v) is 18.9. The van der Waals surface area contributed by atoms with Crippen LogP contribution in [0.1, 0.15) is 57.2 Å². The van der Waals surface area contributed by atoms with Crippen LogP contribution in [0, 0.1) is 0 Å². The number of nitrogens with zero attached hydrogens (tertiary/aromatic N) is 5. The number of carbonyl (C=O) groups excluding carboxylic acids is 1. The minimum Gasteiger partial charge on any atom is -0.444 e. The first-order chi connectivity index (χ1) is 15.3. The second-order valence-corrected chi connectivity index (χ2v) is 8.99. The van der Waals surface area contributed by atoms with Crippen molar-refractivity contribution in [2.24, 2.45) is 7.05 Å². The second kappa shape index (κ2) is 8.94. The number of hydrogen-bond acceptors (Lipinski definition) is 7. The lowest BCUT2D eigenvalue weighted by Gasteiger charge is -2.24. The molecule has 0 fully saturated rings. The third-order valence-electron chi connectivity index (χ3n) is 5.18.